The highest BCUT2D eigenvalue weighted by atomic mass is 79.9. The van der Waals surface area contributed by atoms with E-state index in [4.69, 9.17) is 0 Å². The number of carbonyl (C=O) groups excluding carboxylic acids is 1. The van der Waals surface area contributed by atoms with Crippen molar-refractivity contribution in [2.24, 2.45) is 0 Å². The van der Waals surface area contributed by atoms with Gasteiger partial charge in [-0.05, 0) is 6.07 Å². The molecule has 0 unspecified atom stereocenters. The lowest BCUT2D eigenvalue weighted by atomic mass is 10.2. The molecular weight excluding hydrogens is 272 g/mol. The molecule has 82 valence electrons. The van der Waals surface area contributed by atoms with Crippen LogP contribution in [-0.2, 0) is 6.54 Å². The smallest absolute Gasteiger partial charge is 0.287 e. The van der Waals surface area contributed by atoms with E-state index in [1.165, 1.54) is 7.11 Å². The Hall–Kier alpha value is -1.17. The molecule has 0 radical (unpaired) electrons. The van der Waals surface area contributed by atoms with E-state index in [0.717, 1.165) is 12.1 Å². The first-order valence-electron chi connectivity index (χ1n) is 4.00. The summed E-state index contributed by atoms with van der Waals surface area (Å²) in [5, 5.41) is 2.30. The van der Waals surface area contributed by atoms with E-state index in [9.17, 15) is 13.6 Å². The summed E-state index contributed by atoms with van der Waals surface area (Å²) in [5.74, 6) is -1.46. The summed E-state index contributed by atoms with van der Waals surface area (Å²) in [5.41, 5.74) is 0.0566. The molecular formula is C9H8BrF2NO2. The highest BCUT2D eigenvalue weighted by molar-refractivity contribution is 9.18. The third kappa shape index (κ3) is 3.16. The van der Waals surface area contributed by atoms with Gasteiger partial charge in [-0.1, -0.05) is 0 Å². The molecule has 0 aliphatic heterocycles. The predicted molar refractivity (Wildman–Crippen MR) is 54.1 cm³/mol. The second-order valence-electron chi connectivity index (χ2n) is 2.71. The van der Waals surface area contributed by atoms with Crippen molar-refractivity contribution >= 4 is 20.7 Å². The Labute approximate surface area is 93.5 Å². The maximum atomic E-state index is 13.3. The number of nitrogens with one attached hydrogen (secondary N) is 1. The Morgan fingerprint density at radius 1 is 1.47 bits per heavy atom. The van der Waals surface area contributed by atoms with Crippen molar-refractivity contribution < 1.29 is 18.3 Å². The third-order valence-electron chi connectivity index (χ3n) is 1.74. The number of rotatable bonds is 3. The number of hydrogen-bond donors (Lipinski definition) is 1. The summed E-state index contributed by atoms with van der Waals surface area (Å²) in [6.07, 6.45) is 0. The molecule has 1 amide bonds. The van der Waals surface area contributed by atoms with Gasteiger partial charge in [-0.25, -0.2) is 8.78 Å². The molecule has 0 atom stereocenters. The molecule has 1 rings (SSSR count). The SMILES string of the molecule is COc1cc(F)c(CNC(=O)Br)cc1F. The van der Waals surface area contributed by atoms with Gasteiger partial charge in [0.25, 0.3) is 4.82 Å². The molecule has 0 aliphatic carbocycles. The van der Waals surface area contributed by atoms with E-state index >= 15 is 0 Å². The predicted octanol–water partition coefficient (Wildman–Crippen LogP) is 2.58. The van der Waals surface area contributed by atoms with Crippen LogP contribution < -0.4 is 10.1 Å². The van der Waals surface area contributed by atoms with Gasteiger partial charge < -0.3 is 10.1 Å². The molecule has 0 spiro atoms. The number of methoxy groups -OCH3 is 1. The molecule has 0 heterocycles. The van der Waals surface area contributed by atoms with Crippen LogP contribution in [0.15, 0.2) is 12.1 Å². The number of benzene rings is 1. The third-order valence-corrected chi connectivity index (χ3v) is 2.02. The van der Waals surface area contributed by atoms with Crippen molar-refractivity contribution in [1.82, 2.24) is 5.32 Å². The summed E-state index contributed by atoms with van der Waals surface area (Å²) >= 11 is 2.61. The fourth-order valence-corrected chi connectivity index (χ4v) is 1.17. The molecule has 1 aromatic rings. The Morgan fingerprint density at radius 3 is 2.67 bits per heavy atom. The normalized spacial score (nSPS) is 9.87. The van der Waals surface area contributed by atoms with Crippen molar-refractivity contribution in [3.63, 3.8) is 0 Å². The summed E-state index contributed by atoms with van der Waals surface area (Å²) in [6.45, 7) is -0.0865. The topological polar surface area (TPSA) is 38.3 Å². The molecule has 1 N–H and O–H groups in total. The summed E-state index contributed by atoms with van der Waals surface area (Å²) < 4.78 is 31.0. The van der Waals surface area contributed by atoms with Gasteiger partial charge in [-0.2, -0.15) is 0 Å². The lowest BCUT2D eigenvalue weighted by Gasteiger charge is -2.07. The number of ether oxygens (including phenoxy) is 1. The van der Waals surface area contributed by atoms with E-state index in [1.807, 2.05) is 0 Å². The summed E-state index contributed by atoms with van der Waals surface area (Å²) in [4.78, 5) is 10.0. The zero-order chi connectivity index (χ0) is 11.4. The Bertz CT molecular complexity index is 385. The summed E-state index contributed by atoms with van der Waals surface area (Å²) in [7, 11) is 1.25. The Kier molecular flexibility index (Phi) is 4.02. The van der Waals surface area contributed by atoms with Crippen LogP contribution in [-0.4, -0.2) is 11.9 Å². The minimum absolute atomic E-state index is 0.0566. The van der Waals surface area contributed by atoms with Crippen LogP contribution in [0.4, 0.5) is 13.6 Å². The van der Waals surface area contributed by atoms with Gasteiger partial charge in [0.2, 0.25) is 0 Å². The van der Waals surface area contributed by atoms with Crippen LogP contribution in [0.3, 0.4) is 0 Å². The molecule has 0 fully saturated rings. The highest BCUT2D eigenvalue weighted by Crippen LogP contribution is 2.21. The highest BCUT2D eigenvalue weighted by Gasteiger charge is 2.10. The second kappa shape index (κ2) is 5.06. The maximum absolute atomic E-state index is 13.3. The van der Waals surface area contributed by atoms with Crippen LogP contribution in [0.25, 0.3) is 0 Å². The largest absolute Gasteiger partial charge is 0.494 e. The van der Waals surface area contributed by atoms with Gasteiger partial charge in [-0.3, -0.25) is 4.79 Å². The standard InChI is InChI=1S/C9H8BrF2NO2/c1-15-8-3-6(11)5(2-7(8)12)4-13-9(10)14/h2-3H,4H2,1H3,(H,13,14). The first-order chi connectivity index (χ1) is 7.04. The summed E-state index contributed by atoms with van der Waals surface area (Å²) in [6, 6.07) is 1.92. The van der Waals surface area contributed by atoms with E-state index in [-0.39, 0.29) is 17.9 Å². The van der Waals surface area contributed by atoms with E-state index < -0.39 is 16.5 Å². The van der Waals surface area contributed by atoms with Gasteiger partial charge in [0.1, 0.15) is 5.82 Å². The molecule has 0 saturated carbocycles. The lowest BCUT2D eigenvalue weighted by Crippen LogP contribution is -2.16. The van der Waals surface area contributed by atoms with Crippen molar-refractivity contribution in [3.05, 3.63) is 29.3 Å². The van der Waals surface area contributed by atoms with Gasteiger partial charge >= 0.3 is 0 Å². The first kappa shape index (κ1) is 11.9. The van der Waals surface area contributed by atoms with Gasteiger partial charge in [0.15, 0.2) is 11.6 Å². The van der Waals surface area contributed by atoms with E-state index in [1.54, 1.807) is 0 Å². The quantitative estimate of drug-likeness (QED) is 0.682. The average molecular weight is 280 g/mol. The molecule has 0 saturated heterocycles. The van der Waals surface area contributed by atoms with Gasteiger partial charge in [0, 0.05) is 34.1 Å². The molecule has 0 aliphatic rings. The zero-order valence-corrected chi connectivity index (χ0v) is 9.40. The van der Waals surface area contributed by atoms with Crippen molar-refractivity contribution in [2.75, 3.05) is 7.11 Å². The van der Waals surface area contributed by atoms with Crippen LogP contribution in [0.1, 0.15) is 5.56 Å². The van der Waals surface area contributed by atoms with Gasteiger partial charge in [0.05, 0.1) is 7.11 Å². The minimum atomic E-state index is -0.669. The van der Waals surface area contributed by atoms with Crippen molar-refractivity contribution in [3.8, 4) is 5.75 Å². The Morgan fingerprint density at radius 2 is 2.13 bits per heavy atom. The number of amides is 1. The first-order valence-corrected chi connectivity index (χ1v) is 4.79. The number of hydrogen-bond acceptors (Lipinski definition) is 2. The van der Waals surface area contributed by atoms with E-state index in [2.05, 4.69) is 26.0 Å². The maximum Gasteiger partial charge on any atom is 0.287 e. The molecule has 15 heavy (non-hydrogen) atoms. The fourth-order valence-electron chi connectivity index (χ4n) is 1.03. The fraction of sp³-hybridized carbons (Fsp3) is 0.222. The lowest BCUT2D eigenvalue weighted by molar-refractivity contribution is 0.261. The van der Waals surface area contributed by atoms with Crippen molar-refractivity contribution in [1.29, 1.82) is 0 Å². The molecule has 0 aromatic heterocycles. The monoisotopic (exact) mass is 279 g/mol. The van der Waals surface area contributed by atoms with Gasteiger partial charge in [-0.15, -0.1) is 0 Å². The average Bonchev–Trinajstić information content (AvgIpc) is 2.18. The molecule has 3 nitrogen and oxygen atoms in total. The van der Waals surface area contributed by atoms with Crippen LogP contribution in [0.2, 0.25) is 0 Å². The zero-order valence-electron chi connectivity index (χ0n) is 7.81. The van der Waals surface area contributed by atoms with Crippen LogP contribution in [0.5, 0.6) is 5.75 Å². The van der Waals surface area contributed by atoms with E-state index in [0.29, 0.717) is 0 Å². The molecule has 0 bridgehead atoms. The molecule has 1 aromatic carbocycles. The molecule has 6 heteroatoms. The second-order valence-corrected chi connectivity index (χ2v) is 3.43. The van der Waals surface area contributed by atoms with Crippen LogP contribution >= 0.6 is 15.9 Å². The number of halogens is 3. The Balaban J connectivity index is 2.90. The van der Waals surface area contributed by atoms with Crippen LogP contribution in [0, 0.1) is 11.6 Å². The minimum Gasteiger partial charge on any atom is -0.494 e. The number of carbonyl (C=O) groups is 1. The van der Waals surface area contributed by atoms with Crippen molar-refractivity contribution in [2.45, 2.75) is 6.54 Å².